The van der Waals surface area contributed by atoms with Crippen LogP contribution in [-0.4, -0.2) is 29.8 Å². The van der Waals surface area contributed by atoms with Crippen molar-refractivity contribution in [2.75, 3.05) is 24.6 Å². The van der Waals surface area contributed by atoms with E-state index in [9.17, 15) is 5.11 Å². The van der Waals surface area contributed by atoms with Gasteiger partial charge < -0.3 is 10.0 Å². The molecule has 1 aliphatic rings. The molecule has 5 heteroatoms. The number of halogens is 1. The number of aliphatic hydroxyl groups excluding tert-OH is 1. The third-order valence-corrected chi connectivity index (χ3v) is 4.97. The quantitative estimate of drug-likeness (QED) is 0.922. The number of thiazole rings is 1. The van der Waals surface area contributed by atoms with Gasteiger partial charge in [0.2, 0.25) is 0 Å². The number of aromatic nitrogens is 1. The molecule has 1 aliphatic heterocycles. The van der Waals surface area contributed by atoms with Crippen LogP contribution in [0.5, 0.6) is 0 Å². The molecule has 0 bridgehead atoms. The molecule has 0 amide bonds. The average Bonchev–Trinajstić information content (AvgIpc) is 2.83. The molecule has 1 saturated heterocycles. The predicted octanol–water partition coefficient (Wildman–Crippen LogP) is 3.47. The van der Waals surface area contributed by atoms with Crippen LogP contribution in [0.1, 0.15) is 18.4 Å². The van der Waals surface area contributed by atoms with Gasteiger partial charge in [-0.1, -0.05) is 22.9 Å². The number of nitrogens with zero attached hydrogens (tertiary/aromatic N) is 2. The monoisotopic (exact) mass is 296 g/mol. The molecule has 1 N–H and O–H groups in total. The fraction of sp³-hybridized carbons (Fsp3) is 0.500. The Bertz CT molecular complexity index is 598. The third-order valence-electron chi connectivity index (χ3n) is 3.69. The van der Waals surface area contributed by atoms with E-state index in [1.165, 1.54) is 0 Å². The van der Waals surface area contributed by atoms with Crippen LogP contribution in [0.2, 0.25) is 5.02 Å². The largest absolute Gasteiger partial charge is 0.396 e. The number of hydrogen-bond acceptors (Lipinski definition) is 4. The second-order valence-electron chi connectivity index (χ2n) is 5.20. The Hall–Kier alpha value is -0.840. The summed E-state index contributed by atoms with van der Waals surface area (Å²) in [7, 11) is 0. The Kier molecular flexibility index (Phi) is 3.65. The molecule has 0 saturated carbocycles. The van der Waals surface area contributed by atoms with Crippen molar-refractivity contribution in [2.45, 2.75) is 19.8 Å². The SMILES string of the molecule is Cc1cc(Cl)cc2sc(N3CCCC(CO)C3)nc12. The Morgan fingerprint density at radius 3 is 3.16 bits per heavy atom. The van der Waals surface area contributed by atoms with Crippen molar-refractivity contribution in [2.24, 2.45) is 5.92 Å². The van der Waals surface area contributed by atoms with Crippen LogP contribution in [0.4, 0.5) is 5.13 Å². The highest BCUT2D eigenvalue weighted by molar-refractivity contribution is 7.22. The van der Waals surface area contributed by atoms with Crippen molar-refractivity contribution in [3.8, 4) is 0 Å². The lowest BCUT2D eigenvalue weighted by atomic mass is 10.00. The highest BCUT2D eigenvalue weighted by Gasteiger charge is 2.22. The second kappa shape index (κ2) is 5.27. The first-order chi connectivity index (χ1) is 9.17. The second-order valence-corrected chi connectivity index (χ2v) is 6.65. The van der Waals surface area contributed by atoms with Gasteiger partial charge in [-0.15, -0.1) is 0 Å². The molecule has 2 aromatic rings. The molecule has 0 radical (unpaired) electrons. The van der Waals surface area contributed by atoms with Gasteiger partial charge in [0.15, 0.2) is 5.13 Å². The lowest BCUT2D eigenvalue weighted by Crippen LogP contribution is -2.36. The van der Waals surface area contributed by atoms with Crippen LogP contribution in [0.15, 0.2) is 12.1 Å². The van der Waals surface area contributed by atoms with Gasteiger partial charge in [-0.25, -0.2) is 4.98 Å². The fourth-order valence-electron chi connectivity index (χ4n) is 2.67. The maximum absolute atomic E-state index is 9.31. The minimum atomic E-state index is 0.270. The highest BCUT2D eigenvalue weighted by Crippen LogP contribution is 2.34. The van der Waals surface area contributed by atoms with E-state index in [0.717, 1.165) is 51.9 Å². The number of piperidine rings is 1. The Balaban J connectivity index is 1.94. The van der Waals surface area contributed by atoms with Crippen molar-refractivity contribution in [1.82, 2.24) is 4.98 Å². The Morgan fingerprint density at radius 1 is 1.53 bits per heavy atom. The first-order valence-electron chi connectivity index (χ1n) is 6.60. The Morgan fingerprint density at radius 2 is 2.37 bits per heavy atom. The molecule has 3 rings (SSSR count). The predicted molar refractivity (Wildman–Crippen MR) is 81.4 cm³/mol. The van der Waals surface area contributed by atoms with E-state index in [1.54, 1.807) is 11.3 Å². The van der Waals surface area contributed by atoms with Gasteiger partial charge in [-0.05, 0) is 43.4 Å². The minimum absolute atomic E-state index is 0.270. The number of anilines is 1. The fourth-order valence-corrected chi connectivity index (χ4v) is 4.12. The van der Waals surface area contributed by atoms with Gasteiger partial charge in [0.1, 0.15) is 0 Å². The van der Waals surface area contributed by atoms with Gasteiger partial charge in [0.05, 0.1) is 10.2 Å². The summed E-state index contributed by atoms with van der Waals surface area (Å²) in [5.41, 5.74) is 2.18. The zero-order chi connectivity index (χ0) is 13.4. The van der Waals surface area contributed by atoms with Crippen LogP contribution in [0, 0.1) is 12.8 Å². The number of rotatable bonds is 2. The van der Waals surface area contributed by atoms with E-state index >= 15 is 0 Å². The molecule has 1 fully saturated rings. The van der Waals surface area contributed by atoms with Gasteiger partial charge in [0, 0.05) is 24.7 Å². The van der Waals surface area contributed by atoms with Gasteiger partial charge >= 0.3 is 0 Å². The maximum atomic E-state index is 9.31. The molecule has 1 aromatic heterocycles. The number of hydrogen-bond donors (Lipinski definition) is 1. The smallest absolute Gasteiger partial charge is 0.186 e. The topological polar surface area (TPSA) is 36.4 Å². The molecule has 0 aliphatic carbocycles. The molecule has 102 valence electrons. The lowest BCUT2D eigenvalue weighted by molar-refractivity contribution is 0.208. The van der Waals surface area contributed by atoms with Gasteiger partial charge in [-0.3, -0.25) is 0 Å². The molecule has 0 spiro atoms. The molecular weight excluding hydrogens is 280 g/mol. The molecular formula is C14H17ClN2OS. The summed E-state index contributed by atoms with van der Waals surface area (Å²) in [6.07, 6.45) is 2.24. The van der Waals surface area contributed by atoms with Crippen molar-refractivity contribution in [3.05, 3.63) is 22.7 Å². The van der Waals surface area contributed by atoms with Crippen LogP contribution >= 0.6 is 22.9 Å². The molecule has 3 nitrogen and oxygen atoms in total. The lowest BCUT2D eigenvalue weighted by Gasteiger charge is -2.31. The summed E-state index contributed by atoms with van der Waals surface area (Å²) >= 11 is 7.79. The summed E-state index contributed by atoms with van der Waals surface area (Å²) in [5.74, 6) is 0.380. The standard InChI is InChI=1S/C14H17ClN2OS/c1-9-5-11(15)6-12-13(9)16-14(19-12)17-4-2-3-10(7-17)8-18/h5-6,10,18H,2-4,7-8H2,1H3. The van der Waals surface area contributed by atoms with Crippen LogP contribution in [0.25, 0.3) is 10.2 Å². The third kappa shape index (κ3) is 2.57. The summed E-state index contributed by atoms with van der Waals surface area (Å²) < 4.78 is 1.14. The summed E-state index contributed by atoms with van der Waals surface area (Å²) in [5, 5.41) is 11.1. The molecule has 2 heterocycles. The van der Waals surface area contributed by atoms with Gasteiger partial charge in [0.25, 0.3) is 0 Å². The molecule has 1 unspecified atom stereocenters. The van der Waals surface area contributed by atoms with E-state index in [4.69, 9.17) is 16.6 Å². The minimum Gasteiger partial charge on any atom is -0.396 e. The van der Waals surface area contributed by atoms with Crippen molar-refractivity contribution < 1.29 is 5.11 Å². The van der Waals surface area contributed by atoms with Crippen molar-refractivity contribution in [1.29, 1.82) is 0 Å². The van der Waals surface area contributed by atoms with Crippen molar-refractivity contribution >= 4 is 38.3 Å². The van der Waals surface area contributed by atoms with E-state index in [0.29, 0.717) is 5.92 Å². The summed E-state index contributed by atoms with van der Waals surface area (Å²) in [6, 6.07) is 3.94. The van der Waals surface area contributed by atoms with Gasteiger partial charge in [-0.2, -0.15) is 0 Å². The number of aryl methyl sites for hydroxylation is 1. The van der Waals surface area contributed by atoms with E-state index in [-0.39, 0.29) is 6.61 Å². The highest BCUT2D eigenvalue weighted by atomic mass is 35.5. The molecule has 19 heavy (non-hydrogen) atoms. The van der Waals surface area contributed by atoms with E-state index in [1.807, 2.05) is 19.1 Å². The maximum Gasteiger partial charge on any atom is 0.186 e. The van der Waals surface area contributed by atoms with E-state index in [2.05, 4.69) is 4.90 Å². The zero-order valence-electron chi connectivity index (χ0n) is 10.9. The first kappa shape index (κ1) is 13.2. The summed E-state index contributed by atoms with van der Waals surface area (Å²) in [4.78, 5) is 7.04. The van der Waals surface area contributed by atoms with Crippen molar-refractivity contribution in [3.63, 3.8) is 0 Å². The summed E-state index contributed by atoms with van der Waals surface area (Å²) in [6.45, 7) is 4.25. The van der Waals surface area contributed by atoms with E-state index < -0.39 is 0 Å². The van der Waals surface area contributed by atoms with Crippen LogP contribution in [0.3, 0.4) is 0 Å². The number of fused-ring (bicyclic) bond motifs is 1. The first-order valence-corrected chi connectivity index (χ1v) is 7.79. The number of aliphatic hydroxyl groups is 1. The van der Waals surface area contributed by atoms with Crippen LogP contribution in [-0.2, 0) is 0 Å². The zero-order valence-corrected chi connectivity index (χ0v) is 12.5. The molecule has 1 atom stereocenters. The number of benzene rings is 1. The molecule has 1 aromatic carbocycles. The van der Waals surface area contributed by atoms with Crippen LogP contribution < -0.4 is 4.90 Å². The normalized spacial score (nSPS) is 20.2. The Labute approximate surface area is 121 Å². The average molecular weight is 297 g/mol.